The number of carbonyl (C=O) groups is 5. The lowest BCUT2D eigenvalue weighted by molar-refractivity contribution is -0.144. The summed E-state index contributed by atoms with van der Waals surface area (Å²) in [7, 11) is 0. The van der Waals surface area contributed by atoms with Crippen LogP contribution in [0.1, 0.15) is 146 Å². The van der Waals surface area contributed by atoms with E-state index in [9.17, 15) is 29.1 Å². The highest BCUT2D eigenvalue weighted by molar-refractivity contribution is 5.80. The first-order valence-electron chi connectivity index (χ1n) is 26.7. The number of ether oxygens (including phenoxy) is 3. The van der Waals surface area contributed by atoms with E-state index in [0.29, 0.717) is 76.5 Å². The van der Waals surface area contributed by atoms with E-state index in [1.807, 2.05) is 21.9 Å². The number of nitrogens with zero attached hydrogens (tertiary/aromatic N) is 4. The van der Waals surface area contributed by atoms with Gasteiger partial charge in [-0.25, -0.2) is 0 Å². The van der Waals surface area contributed by atoms with Gasteiger partial charge in [0, 0.05) is 32.6 Å². The van der Waals surface area contributed by atoms with Gasteiger partial charge in [-0.05, 0) is 144 Å². The van der Waals surface area contributed by atoms with Crippen molar-refractivity contribution in [3.05, 3.63) is 71.8 Å². The van der Waals surface area contributed by atoms with Gasteiger partial charge in [-0.1, -0.05) is 94.7 Å². The summed E-state index contributed by atoms with van der Waals surface area (Å²) in [4.78, 5) is 71.8. The molecule has 0 saturated carbocycles. The van der Waals surface area contributed by atoms with Gasteiger partial charge >= 0.3 is 17.9 Å². The molecule has 0 atom stereocenters. The second kappa shape index (κ2) is 32.2. The summed E-state index contributed by atoms with van der Waals surface area (Å²) in [5, 5.41) is 9.42. The molecule has 69 heavy (non-hydrogen) atoms. The number of benzene rings is 2. The Hall–Kier alpha value is -4.75. The van der Waals surface area contributed by atoms with Crippen LogP contribution >= 0.6 is 0 Å². The van der Waals surface area contributed by atoms with E-state index in [-0.39, 0.29) is 48.3 Å². The number of carbonyl (C=O) groups excluding carboxylic acids is 5. The largest absolute Gasteiger partial charge is 0.508 e. The Morgan fingerprint density at radius 3 is 1.42 bits per heavy atom. The number of phenols is 1. The van der Waals surface area contributed by atoms with Crippen LogP contribution in [0.4, 0.5) is 0 Å². The van der Waals surface area contributed by atoms with Gasteiger partial charge in [0.2, 0.25) is 11.8 Å². The number of amides is 2. The van der Waals surface area contributed by atoms with Crippen molar-refractivity contribution < 1.29 is 43.3 Å². The van der Waals surface area contributed by atoms with E-state index in [1.165, 1.54) is 57.8 Å². The molecule has 0 unspecified atom stereocenters. The minimum atomic E-state index is -0.272. The number of likely N-dealkylation sites (tertiary alicyclic amines) is 2. The van der Waals surface area contributed by atoms with Crippen molar-refractivity contribution in [3.63, 3.8) is 0 Å². The highest BCUT2D eigenvalue weighted by atomic mass is 16.5. The molecule has 5 rings (SSSR count). The molecule has 2 aromatic rings. The number of unbranched alkanes of at least 4 members (excludes halogenated alkanes) is 11. The summed E-state index contributed by atoms with van der Waals surface area (Å²) in [5.74, 6) is 1.04. The molecule has 13 heteroatoms. The van der Waals surface area contributed by atoms with Crippen molar-refractivity contribution in [1.29, 1.82) is 0 Å². The van der Waals surface area contributed by atoms with Crippen molar-refractivity contribution in [3.8, 4) is 11.5 Å². The molecule has 1 N–H and O–H groups in total. The maximum absolute atomic E-state index is 13.2. The Balaban J connectivity index is 0.822. The summed E-state index contributed by atoms with van der Waals surface area (Å²) >= 11 is 0. The van der Waals surface area contributed by atoms with Gasteiger partial charge in [0.25, 0.3) is 0 Å². The lowest BCUT2D eigenvalue weighted by atomic mass is 9.94. The number of piperazine rings is 1. The van der Waals surface area contributed by atoms with Crippen LogP contribution in [0, 0.1) is 11.8 Å². The molecule has 0 aliphatic carbocycles. The van der Waals surface area contributed by atoms with Gasteiger partial charge in [0.1, 0.15) is 11.5 Å². The second-order valence-electron chi connectivity index (χ2n) is 19.7. The van der Waals surface area contributed by atoms with Gasteiger partial charge < -0.3 is 29.1 Å². The zero-order valence-corrected chi connectivity index (χ0v) is 42.0. The summed E-state index contributed by atoms with van der Waals surface area (Å²) < 4.78 is 16.6. The molecule has 3 heterocycles. The van der Waals surface area contributed by atoms with E-state index in [4.69, 9.17) is 14.2 Å². The van der Waals surface area contributed by atoms with Crippen LogP contribution in [0.3, 0.4) is 0 Å². The number of esters is 3. The Labute approximate surface area is 413 Å². The standard InChI is InChI=1S/C56H84N4O9/c1-2-3-4-5-6-7-8-9-10-11-12-13-14-15-16-17-54(64)69-51-24-20-49(21-25-51)43-56(66)68-41-31-47-28-34-58(35-29-47)45-53(63)60-38-36-59(37-39-60)52(62)44-57-32-26-46(27-33-57)30-40-67-55(65)42-48-18-22-50(61)23-19-48/h9-10,18-25,46-47,61H,2-8,11-17,26-45H2,1H3/b10-9-. The van der Waals surface area contributed by atoms with Gasteiger partial charge in [0.05, 0.1) is 39.1 Å². The third-order valence-electron chi connectivity index (χ3n) is 14.1. The maximum Gasteiger partial charge on any atom is 0.311 e. The van der Waals surface area contributed by atoms with E-state index in [0.717, 1.165) is 102 Å². The molecule has 0 aromatic heterocycles. The fourth-order valence-electron chi connectivity index (χ4n) is 9.58. The van der Waals surface area contributed by atoms with Crippen LogP contribution in [-0.2, 0) is 46.3 Å². The first kappa shape index (κ1) is 55.2. The number of aromatic hydroxyl groups is 1. The quantitative estimate of drug-likeness (QED) is 0.0346. The minimum absolute atomic E-state index is 0.113. The smallest absolute Gasteiger partial charge is 0.311 e. The van der Waals surface area contributed by atoms with E-state index in [2.05, 4.69) is 28.9 Å². The van der Waals surface area contributed by atoms with Gasteiger partial charge in [-0.15, -0.1) is 0 Å². The van der Waals surface area contributed by atoms with Crippen LogP contribution in [-0.4, -0.2) is 133 Å². The van der Waals surface area contributed by atoms with Gasteiger partial charge in [0.15, 0.2) is 0 Å². The SMILES string of the molecule is CCCCCCCC/C=C\CCCCCCCC(=O)Oc1ccc(CC(=O)OCCC2CCN(CC(=O)N3CCN(C(=O)CN4CCC(CCOC(=O)Cc5ccc(O)cc5)CC4)CC3)CC2)cc1. The van der Waals surface area contributed by atoms with Crippen LogP contribution in [0.2, 0.25) is 0 Å². The first-order chi connectivity index (χ1) is 33.6. The summed E-state index contributed by atoms with van der Waals surface area (Å²) in [6, 6.07) is 13.7. The molecule has 2 aromatic carbocycles. The number of phenolic OH excluding ortho intramolecular Hbond substituents is 1. The molecule has 0 bridgehead atoms. The average molecular weight is 957 g/mol. The molecule has 3 aliphatic rings. The third kappa shape index (κ3) is 22.7. The Bertz CT molecular complexity index is 1830. The zero-order valence-electron chi connectivity index (χ0n) is 42.0. The highest BCUT2D eigenvalue weighted by Crippen LogP contribution is 2.23. The average Bonchev–Trinajstić information content (AvgIpc) is 3.35. The van der Waals surface area contributed by atoms with Crippen LogP contribution in [0.25, 0.3) is 0 Å². The molecule has 0 radical (unpaired) electrons. The molecule has 0 spiro atoms. The number of allylic oxidation sites excluding steroid dienone is 2. The van der Waals surface area contributed by atoms with Crippen LogP contribution < -0.4 is 4.74 Å². The zero-order chi connectivity index (χ0) is 48.9. The highest BCUT2D eigenvalue weighted by Gasteiger charge is 2.29. The number of piperidine rings is 2. The topological polar surface area (TPSA) is 146 Å². The Morgan fingerprint density at radius 2 is 0.957 bits per heavy atom. The summed E-state index contributed by atoms with van der Waals surface area (Å²) in [6.07, 6.45) is 26.7. The van der Waals surface area contributed by atoms with Crippen molar-refractivity contribution in [2.75, 3.05) is 78.7 Å². The van der Waals surface area contributed by atoms with Gasteiger partial charge in [-0.2, -0.15) is 0 Å². The predicted molar refractivity (Wildman–Crippen MR) is 270 cm³/mol. The lowest BCUT2D eigenvalue weighted by Gasteiger charge is -2.38. The molecular weight excluding hydrogens is 873 g/mol. The second-order valence-corrected chi connectivity index (χ2v) is 19.7. The van der Waals surface area contributed by atoms with E-state index in [1.54, 1.807) is 36.4 Å². The van der Waals surface area contributed by atoms with E-state index < -0.39 is 0 Å². The first-order valence-corrected chi connectivity index (χ1v) is 26.7. The fraction of sp³-hybridized carbons (Fsp3) is 0.661. The fourth-order valence-corrected chi connectivity index (χ4v) is 9.58. The molecule has 13 nitrogen and oxygen atoms in total. The summed E-state index contributed by atoms with van der Waals surface area (Å²) in [5.41, 5.74) is 1.62. The number of hydrogen-bond donors (Lipinski definition) is 1. The number of hydrogen-bond acceptors (Lipinski definition) is 11. The molecule has 3 fully saturated rings. The molecule has 2 amide bonds. The molecule has 3 saturated heterocycles. The van der Waals surface area contributed by atoms with Crippen molar-refractivity contribution in [1.82, 2.24) is 19.6 Å². The maximum atomic E-state index is 13.2. The summed E-state index contributed by atoms with van der Waals surface area (Å²) in [6.45, 7) is 9.36. The van der Waals surface area contributed by atoms with Crippen molar-refractivity contribution in [2.45, 2.75) is 148 Å². The number of rotatable bonds is 30. The van der Waals surface area contributed by atoms with E-state index >= 15 is 0 Å². The van der Waals surface area contributed by atoms with Gasteiger partial charge in [-0.3, -0.25) is 33.8 Å². The molecular formula is C56H84N4O9. The molecule has 3 aliphatic heterocycles. The van der Waals surface area contributed by atoms with Crippen molar-refractivity contribution >= 4 is 29.7 Å². The lowest BCUT2D eigenvalue weighted by Crippen LogP contribution is -2.54. The normalized spacial score (nSPS) is 16.5. The van der Waals surface area contributed by atoms with Crippen LogP contribution in [0.15, 0.2) is 60.7 Å². The minimum Gasteiger partial charge on any atom is -0.508 e. The molecule has 382 valence electrons. The van der Waals surface area contributed by atoms with Crippen molar-refractivity contribution in [2.24, 2.45) is 11.8 Å². The Kier molecular flexibility index (Phi) is 25.7. The Morgan fingerprint density at radius 1 is 0.536 bits per heavy atom. The third-order valence-corrected chi connectivity index (χ3v) is 14.1. The van der Waals surface area contributed by atoms with Crippen LogP contribution in [0.5, 0.6) is 11.5 Å². The predicted octanol–water partition coefficient (Wildman–Crippen LogP) is 9.08. The monoisotopic (exact) mass is 957 g/mol.